The Labute approximate surface area is 161 Å². The number of carbonyl (C=O) groups excluding carboxylic acids is 1. The number of halogens is 3. The summed E-state index contributed by atoms with van der Waals surface area (Å²) in [6, 6.07) is 6.02. The van der Waals surface area contributed by atoms with Gasteiger partial charge in [-0.3, -0.25) is 14.2 Å². The van der Waals surface area contributed by atoms with Crippen LogP contribution < -0.4 is 15.6 Å². The van der Waals surface area contributed by atoms with E-state index in [9.17, 15) is 22.8 Å². The number of aromatic nitrogens is 2. The second-order valence-electron chi connectivity index (χ2n) is 5.85. The zero-order chi connectivity index (χ0) is 20.1. The highest BCUT2D eigenvalue weighted by Crippen LogP contribution is 2.30. The van der Waals surface area contributed by atoms with Gasteiger partial charge in [0.15, 0.2) is 0 Å². The van der Waals surface area contributed by atoms with E-state index in [1.807, 2.05) is 0 Å². The van der Waals surface area contributed by atoms with Crippen molar-refractivity contribution in [1.29, 1.82) is 0 Å². The highest BCUT2D eigenvalue weighted by Gasteiger charge is 2.29. The lowest BCUT2D eigenvalue weighted by Gasteiger charge is -2.10. The smallest absolute Gasteiger partial charge is 0.416 e. The van der Waals surface area contributed by atoms with Gasteiger partial charge in [-0.2, -0.15) is 13.2 Å². The molecule has 0 spiro atoms. The highest BCUT2D eigenvalue weighted by atomic mass is 32.1. The first-order valence-corrected chi connectivity index (χ1v) is 9.22. The minimum atomic E-state index is -4.39. The molecule has 148 valence electrons. The Morgan fingerprint density at radius 3 is 2.68 bits per heavy atom. The van der Waals surface area contributed by atoms with Crippen LogP contribution in [0.2, 0.25) is 0 Å². The Bertz CT molecular complexity index is 1010. The van der Waals surface area contributed by atoms with Crippen molar-refractivity contribution in [2.45, 2.75) is 19.1 Å². The Hall–Kier alpha value is -2.88. The lowest BCUT2D eigenvalue weighted by atomic mass is 10.2. The first-order chi connectivity index (χ1) is 13.3. The van der Waals surface area contributed by atoms with Gasteiger partial charge in [0.25, 0.3) is 5.56 Å². The van der Waals surface area contributed by atoms with Gasteiger partial charge in [-0.05, 0) is 35.7 Å². The fourth-order valence-electron chi connectivity index (χ4n) is 2.46. The molecule has 0 aliphatic rings. The average Bonchev–Trinajstić information content (AvgIpc) is 3.14. The van der Waals surface area contributed by atoms with Gasteiger partial charge >= 0.3 is 6.18 Å². The zero-order valence-electron chi connectivity index (χ0n) is 14.5. The number of amides is 1. The summed E-state index contributed by atoms with van der Waals surface area (Å²) in [7, 11) is 0. The SMILES string of the molecule is O=C(CCn1cnc2sccc2c1=O)NCCOc1ccc(C(F)(F)F)cc1. The number of nitrogens with one attached hydrogen (secondary N) is 1. The van der Waals surface area contributed by atoms with Crippen LogP contribution in [0.5, 0.6) is 5.75 Å². The maximum atomic E-state index is 12.5. The summed E-state index contributed by atoms with van der Waals surface area (Å²) in [5.41, 5.74) is -0.941. The van der Waals surface area contributed by atoms with Crippen molar-refractivity contribution in [2.75, 3.05) is 13.2 Å². The molecule has 3 aromatic rings. The van der Waals surface area contributed by atoms with E-state index in [1.165, 1.54) is 34.4 Å². The van der Waals surface area contributed by atoms with Crippen LogP contribution in [0.25, 0.3) is 10.2 Å². The van der Waals surface area contributed by atoms with Gasteiger partial charge in [0, 0.05) is 13.0 Å². The molecule has 2 aromatic heterocycles. The number of nitrogens with zero attached hydrogens (tertiary/aromatic N) is 2. The van der Waals surface area contributed by atoms with Crippen molar-refractivity contribution < 1.29 is 22.7 Å². The van der Waals surface area contributed by atoms with E-state index in [1.54, 1.807) is 11.4 Å². The molecule has 0 unspecified atom stereocenters. The van der Waals surface area contributed by atoms with Crippen LogP contribution in [0.1, 0.15) is 12.0 Å². The third-order valence-electron chi connectivity index (χ3n) is 3.90. The molecule has 1 N–H and O–H groups in total. The average molecular weight is 411 g/mol. The summed E-state index contributed by atoms with van der Waals surface area (Å²) in [4.78, 5) is 28.9. The third kappa shape index (κ3) is 4.89. The lowest BCUT2D eigenvalue weighted by Crippen LogP contribution is -2.30. The van der Waals surface area contributed by atoms with Crippen molar-refractivity contribution in [3.63, 3.8) is 0 Å². The molecular formula is C18H16F3N3O3S. The van der Waals surface area contributed by atoms with E-state index in [0.29, 0.717) is 10.2 Å². The number of aryl methyl sites for hydroxylation is 1. The molecule has 0 radical (unpaired) electrons. The largest absolute Gasteiger partial charge is 0.492 e. The van der Waals surface area contributed by atoms with E-state index >= 15 is 0 Å². The molecule has 0 saturated heterocycles. The summed E-state index contributed by atoms with van der Waals surface area (Å²) in [6.45, 7) is 0.499. The second-order valence-corrected chi connectivity index (χ2v) is 6.75. The fourth-order valence-corrected chi connectivity index (χ4v) is 3.19. The molecule has 10 heteroatoms. The molecule has 0 atom stereocenters. The maximum absolute atomic E-state index is 12.5. The van der Waals surface area contributed by atoms with Gasteiger partial charge in [0.2, 0.25) is 5.91 Å². The first-order valence-electron chi connectivity index (χ1n) is 8.34. The summed E-state index contributed by atoms with van der Waals surface area (Å²) < 4.78 is 44.1. The van der Waals surface area contributed by atoms with Gasteiger partial charge in [-0.25, -0.2) is 4.98 Å². The number of rotatable bonds is 7. The topological polar surface area (TPSA) is 73.2 Å². The molecule has 2 heterocycles. The van der Waals surface area contributed by atoms with Crippen LogP contribution in [0.4, 0.5) is 13.2 Å². The summed E-state index contributed by atoms with van der Waals surface area (Å²) in [5, 5.41) is 4.94. The first kappa shape index (κ1) is 19.9. The van der Waals surface area contributed by atoms with Crippen LogP contribution in [0.3, 0.4) is 0 Å². The van der Waals surface area contributed by atoms with Crippen molar-refractivity contribution in [3.05, 3.63) is 58.0 Å². The molecule has 0 aliphatic heterocycles. The molecule has 0 aliphatic carbocycles. The number of ether oxygens (including phenoxy) is 1. The predicted octanol–water partition coefficient (Wildman–Crippen LogP) is 3.06. The third-order valence-corrected chi connectivity index (χ3v) is 4.73. The van der Waals surface area contributed by atoms with Crippen LogP contribution in [0, 0.1) is 0 Å². The van der Waals surface area contributed by atoms with Crippen molar-refractivity contribution in [3.8, 4) is 5.75 Å². The number of hydrogen-bond acceptors (Lipinski definition) is 5. The summed E-state index contributed by atoms with van der Waals surface area (Å²) in [6.07, 6.45) is -2.88. The fraction of sp³-hybridized carbons (Fsp3) is 0.278. The molecule has 3 rings (SSSR count). The Morgan fingerprint density at radius 2 is 1.96 bits per heavy atom. The summed E-state index contributed by atoms with van der Waals surface area (Å²) >= 11 is 1.37. The number of hydrogen-bond donors (Lipinski definition) is 1. The summed E-state index contributed by atoms with van der Waals surface area (Å²) in [5.74, 6) is 0.0114. The van der Waals surface area contributed by atoms with Crippen molar-refractivity contribution >= 4 is 27.5 Å². The lowest BCUT2D eigenvalue weighted by molar-refractivity contribution is -0.137. The van der Waals surface area contributed by atoms with Gasteiger partial charge < -0.3 is 10.1 Å². The van der Waals surface area contributed by atoms with Gasteiger partial charge in [0.1, 0.15) is 17.2 Å². The minimum Gasteiger partial charge on any atom is -0.492 e. The van der Waals surface area contributed by atoms with E-state index < -0.39 is 11.7 Å². The van der Waals surface area contributed by atoms with Gasteiger partial charge in [-0.1, -0.05) is 0 Å². The second kappa shape index (κ2) is 8.42. The number of alkyl halides is 3. The molecule has 28 heavy (non-hydrogen) atoms. The monoisotopic (exact) mass is 411 g/mol. The van der Waals surface area contributed by atoms with E-state index in [2.05, 4.69) is 10.3 Å². The van der Waals surface area contributed by atoms with Crippen molar-refractivity contribution in [2.24, 2.45) is 0 Å². The Balaban J connectivity index is 1.41. The maximum Gasteiger partial charge on any atom is 0.416 e. The van der Waals surface area contributed by atoms with Crippen LogP contribution in [0.15, 0.2) is 46.8 Å². The molecule has 1 aromatic carbocycles. The molecule has 0 bridgehead atoms. The van der Waals surface area contributed by atoms with Gasteiger partial charge in [0.05, 0.1) is 23.8 Å². The molecule has 1 amide bonds. The normalized spacial score (nSPS) is 11.5. The highest BCUT2D eigenvalue weighted by molar-refractivity contribution is 7.16. The standard InChI is InChI=1S/C18H16F3N3O3S/c19-18(20,21)12-1-3-13(4-2-12)27-9-7-22-15(25)5-8-24-11-23-16-14(17(24)26)6-10-28-16/h1-4,6,10-11H,5,7-9H2,(H,22,25). The van der Waals surface area contributed by atoms with Crippen LogP contribution in [-0.4, -0.2) is 28.6 Å². The quantitative estimate of drug-likeness (QED) is 0.607. The molecule has 0 fully saturated rings. The predicted molar refractivity (Wildman–Crippen MR) is 98.4 cm³/mol. The van der Waals surface area contributed by atoms with Crippen LogP contribution in [-0.2, 0) is 17.5 Å². The molecule has 0 saturated carbocycles. The minimum absolute atomic E-state index is 0.0948. The molecule has 6 nitrogen and oxygen atoms in total. The van der Waals surface area contributed by atoms with Crippen molar-refractivity contribution in [1.82, 2.24) is 14.9 Å². The number of thiophene rings is 1. The van der Waals surface area contributed by atoms with E-state index in [-0.39, 0.29) is 43.3 Å². The van der Waals surface area contributed by atoms with Gasteiger partial charge in [-0.15, -0.1) is 11.3 Å². The zero-order valence-corrected chi connectivity index (χ0v) is 15.3. The van der Waals surface area contributed by atoms with E-state index in [4.69, 9.17) is 4.74 Å². The Morgan fingerprint density at radius 1 is 1.21 bits per heavy atom. The number of carbonyl (C=O) groups is 1. The number of benzene rings is 1. The van der Waals surface area contributed by atoms with E-state index in [0.717, 1.165) is 12.1 Å². The number of fused-ring (bicyclic) bond motifs is 1. The Kier molecular flexibility index (Phi) is 5.98. The molecular weight excluding hydrogens is 395 g/mol. The van der Waals surface area contributed by atoms with Crippen LogP contribution >= 0.6 is 11.3 Å².